The molecule has 1 aromatic carbocycles. The highest BCUT2D eigenvalue weighted by Gasteiger charge is 2.27. The SMILES string of the molecule is Cc1ccnc(N2CCC(C(=O)N[C@H](C)c3ccccc3)CC2)n1. The molecule has 1 aromatic heterocycles. The number of aryl methyl sites for hydroxylation is 1. The van der Waals surface area contributed by atoms with Gasteiger partial charge in [-0.15, -0.1) is 0 Å². The molecule has 1 amide bonds. The number of hydrogen-bond acceptors (Lipinski definition) is 4. The number of carbonyl (C=O) groups excluding carboxylic acids is 1. The summed E-state index contributed by atoms with van der Waals surface area (Å²) >= 11 is 0. The molecule has 1 atom stereocenters. The maximum Gasteiger partial charge on any atom is 0.225 e. The van der Waals surface area contributed by atoms with E-state index < -0.39 is 0 Å². The zero-order valence-electron chi connectivity index (χ0n) is 14.3. The molecule has 1 aliphatic heterocycles. The first-order valence-corrected chi connectivity index (χ1v) is 8.53. The van der Waals surface area contributed by atoms with E-state index in [1.54, 1.807) is 6.20 Å². The van der Waals surface area contributed by atoms with Crippen LogP contribution in [0.1, 0.15) is 37.1 Å². The van der Waals surface area contributed by atoms with Crippen LogP contribution >= 0.6 is 0 Å². The molecule has 2 aromatic rings. The van der Waals surface area contributed by atoms with Crippen LogP contribution in [-0.4, -0.2) is 29.0 Å². The molecular weight excluding hydrogens is 300 g/mol. The highest BCUT2D eigenvalue weighted by atomic mass is 16.1. The number of nitrogens with one attached hydrogen (secondary N) is 1. The molecule has 3 rings (SSSR count). The van der Waals surface area contributed by atoms with Gasteiger partial charge in [-0.05, 0) is 38.3 Å². The fourth-order valence-electron chi connectivity index (χ4n) is 3.09. The number of aromatic nitrogens is 2. The van der Waals surface area contributed by atoms with E-state index in [1.807, 2.05) is 50.2 Å². The normalized spacial score (nSPS) is 16.7. The van der Waals surface area contributed by atoms with Gasteiger partial charge < -0.3 is 10.2 Å². The van der Waals surface area contributed by atoms with Gasteiger partial charge in [-0.3, -0.25) is 4.79 Å². The lowest BCUT2D eigenvalue weighted by Gasteiger charge is -2.32. The van der Waals surface area contributed by atoms with E-state index in [-0.39, 0.29) is 17.9 Å². The van der Waals surface area contributed by atoms with E-state index in [9.17, 15) is 4.79 Å². The average Bonchev–Trinajstić information content (AvgIpc) is 2.62. The summed E-state index contributed by atoms with van der Waals surface area (Å²) in [5, 5.41) is 3.14. The predicted octanol–water partition coefficient (Wildman–Crippen LogP) is 2.88. The topological polar surface area (TPSA) is 58.1 Å². The summed E-state index contributed by atoms with van der Waals surface area (Å²) in [6.07, 6.45) is 3.47. The monoisotopic (exact) mass is 324 g/mol. The van der Waals surface area contributed by atoms with Crippen LogP contribution in [0, 0.1) is 12.8 Å². The molecule has 0 aliphatic carbocycles. The van der Waals surface area contributed by atoms with E-state index >= 15 is 0 Å². The van der Waals surface area contributed by atoms with Crippen molar-refractivity contribution >= 4 is 11.9 Å². The Morgan fingerprint density at radius 2 is 1.92 bits per heavy atom. The number of anilines is 1. The van der Waals surface area contributed by atoms with Crippen molar-refractivity contribution in [2.75, 3.05) is 18.0 Å². The second-order valence-corrected chi connectivity index (χ2v) is 6.40. The van der Waals surface area contributed by atoms with Gasteiger partial charge in [-0.1, -0.05) is 30.3 Å². The number of amides is 1. The first-order valence-electron chi connectivity index (χ1n) is 8.53. The van der Waals surface area contributed by atoms with Crippen molar-refractivity contribution in [3.8, 4) is 0 Å². The van der Waals surface area contributed by atoms with Crippen molar-refractivity contribution in [3.63, 3.8) is 0 Å². The minimum absolute atomic E-state index is 0.0387. The molecule has 2 heterocycles. The van der Waals surface area contributed by atoms with Crippen molar-refractivity contribution < 1.29 is 4.79 Å². The van der Waals surface area contributed by atoms with Crippen molar-refractivity contribution in [2.45, 2.75) is 32.7 Å². The average molecular weight is 324 g/mol. The minimum Gasteiger partial charge on any atom is -0.349 e. The zero-order chi connectivity index (χ0) is 16.9. The van der Waals surface area contributed by atoms with Gasteiger partial charge >= 0.3 is 0 Å². The van der Waals surface area contributed by atoms with Crippen LogP contribution in [0.2, 0.25) is 0 Å². The fourth-order valence-corrected chi connectivity index (χ4v) is 3.09. The standard InChI is InChI=1S/C19H24N4O/c1-14-8-11-20-19(21-14)23-12-9-17(10-13-23)18(24)22-15(2)16-6-4-3-5-7-16/h3-8,11,15,17H,9-10,12-13H2,1-2H3,(H,22,24)/t15-/m1/s1. The van der Waals surface area contributed by atoms with Gasteiger partial charge in [-0.25, -0.2) is 9.97 Å². The molecule has 0 bridgehead atoms. The number of carbonyl (C=O) groups is 1. The van der Waals surface area contributed by atoms with Gasteiger partial charge in [0.2, 0.25) is 11.9 Å². The molecule has 0 saturated carbocycles. The highest BCUT2D eigenvalue weighted by Crippen LogP contribution is 2.22. The molecule has 24 heavy (non-hydrogen) atoms. The van der Waals surface area contributed by atoms with Crippen LogP contribution in [0.4, 0.5) is 5.95 Å². The minimum atomic E-state index is 0.0387. The van der Waals surface area contributed by atoms with Crippen LogP contribution in [0.15, 0.2) is 42.6 Å². The summed E-state index contributed by atoms with van der Waals surface area (Å²) in [7, 11) is 0. The van der Waals surface area contributed by atoms with Crippen LogP contribution in [-0.2, 0) is 4.79 Å². The fraction of sp³-hybridized carbons (Fsp3) is 0.421. The summed E-state index contributed by atoms with van der Waals surface area (Å²) < 4.78 is 0. The van der Waals surface area contributed by atoms with Gasteiger partial charge in [0.05, 0.1) is 6.04 Å². The quantitative estimate of drug-likeness (QED) is 0.939. The molecule has 5 heteroatoms. The lowest BCUT2D eigenvalue weighted by molar-refractivity contribution is -0.126. The summed E-state index contributed by atoms with van der Waals surface area (Å²) in [6, 6.07) is 12.0. The largest absolute Gasteiger partial charge is 0.349 e. The van der Waals surface area contributed by atoms with Crippen molar-refractivity contribution in [2.24, 2.45) is 5.92 Å². The third-order valence-electron chi connectivity index (χ3n) is 4.59. The van der Waals surface area contributed by atoms with Gasteiger partial charge in [0, 0.05) is 30.9 Å². The molecule has 1 saturated heterocycles. The molecule has 0 spiro atoms. The van der Waals surface area contributed by atoms with E-state index in [2.05, 4.69) is 20.2 Å². The number of piperidine rings is 1. The molecule has 126 valence electrons. The maximum absolute atomic E-state index is 12.5. The number of benzene rings is 1. The smallest absolute Gasteiger partial charge is 0.225 e. The van der Waals surface area contributed by atoms with Crippen LogP contribution in [0.25, 0.3) is 0 Å². The Balaban J connectivity index is 1.53. The Morgan fingerprint density at radius 1 is 1.21 bits per heavy atom. The van der Waals surface area contributed by atoms with E-state index in [1.165, 1.54) is 0 Å². The van der Waals surface area contributed by atoms with Crippen LogP contribution in [0.3, 0.4) is 0 Å². The van der Waals surface area contributed by atoms with Gasteiger partial charge in [0.25, 0.3) is 0 Å². The molecule has 1 fully saturated rings. The van der Waals surface area contributed by atoms with Crippen molar-refractivity contribution in [1.82, 2.24) is 15.3 Å². The number of rotatable bonds is 4. The van der Waals surface area contributed by atoms with E-state index in [0.717, 1.165) is 43.1 Å². The molecule has 1 N–H and O–H groups in total. The lowest BCUT2D eigenvalue weighted by Crippen LogP contribution is -2.41. The molecule has 0 radical (unpaired) electrons. The van der Waals surface area contributed by atoms with Crippen molar-refractivity contribution in [3.05, 3.63) is 53.9 Å². The summed E-state index contributed by atoms with van der Waals surface area (Å²) in [6.45, 7) is 5.64. The Hall–Kier alpha value is -2.43. The number of hydrogen-bond donors (Lipinski definition) is 1. The third kappa shape index (κ3) is 3.91. The lowest BCUT2D eigenvalue weighted by atomic mass is 9.95. The summed E-state index contributed by atoms with van der Waals surface area (Å²) in [5.74, 6) is 0.986. The second kappa shape index (κ2) is 7.43. The summed E-state index contributed by atoms with van der Waals surface area (Å²) in [5.41, 5.74) is 2.10. The molecular formula is C19H24N4O. The Kier molecular flexibility index (Phi) is 5.08. The highest BCUT2D eigenvalue weighted by molar-refractivity contribution is 5.79. The van der Waals surface area contributed by atoms with Gasteiger partial charge in [0.1, 0.15) is 0 Å². The number of nitrogens with zero attached hydrogens (tertiary/aromatic N) is 3. The zero-order valence-corrected chi connectivity index (χ0v) is 14.3. The second-order valence-electron chi connectivity index (χ2n) is 6.40. The Labute approximate surface area is 143 Å². The Morgan fingerprint density at radius 3 is 2.58 bits per heavy atom. The van der Waals surface area contributed by atoms with Crippen LogP contribution < -0.4 is 10.2 Å². The molecule has 5 nitrogen and oxygen atoms in total. The van der Waals surface area contributed by atoms with E-state index in [4.69, 9.17) is 0 Å². The van der Waals surface area contributed by atoms with Crippen LogP contribution in [0.5, 0.6) is 0 Å². The molecule has 0 unspecified atom stereocenters. The first-order chi connectivity index (χ1) is 11.6. The third-order valence-corrected chi connectivity index (χ3v) is 4.59. The summed E-state index contributed by atoms with van der Waals surface area (Å²) in [4.78, 5) is 23.5. The first kappa shape index (κ1) is 16.4. The van der Waals surface area contributed by atoms with Gasteiger partial charge in [-0.2, -0.15) is 0 Å². The van der Waals surface area contributed by atoms with Crippen molar-refractivity contribution in [1.29, 1.82) is 0 Å². The predicted molar refractivity (Wildman–Crippen MR) is 94.7 cm³/mol. The Bertz CT molecular complexity index is 681. The molecule has 1 aliphatic rings. The van der Waals surface area contributed by atoms with Gasteiger partial charge in [0.15, 0.2) is 0 Å². The van der Waals surface area contributed by atoms with E-state index in [0.29, 0.717) is 0 Å². The maximum atomic E-state index is 12.5.